The fourth-order valence-corrected chi connectivity index (χ4v) is 2.13. The first-order valence-corrected chi connectivity index (χ1v) is 6.27. The van der Waals surface area contributed by atoms with Crippen molar-refractivity contribution < 1.29 is 9.53 Å². The SMILES string of the molecule is Cc1ccc(C(=O)N2CC(C)OCC2C)cc1N. The number of hydrogen-bond donors (Lipinski definition) is 1. The normalized spacial score (nSPS) is 24.1. The molecule has 2 atom stereocenters. The zero-order valence-electron chi connectivity index (χ0n) is 11.1. The Morgan fingerprint density at radius 2 is 2.17 bits per heavy atom. The van der Waals surface area contributed by atoms with Gasteiger partial charge in [0.1, 0.15) is 0 Å². The third-order valence-electron chi connectivity index (χ3n) is 3.39. The molecule has 1 heterocycles. The van der Waals surface area contributed by atoms with Gasteiger partial charge < -0.3 is 15.4 Å². The first kappa shape index (κ1) is 12.9. The zero-order chi connectivity index (χ0) is 13.3. The van der Waals surface area contributed by atoms with E-state index in [2.05, 4.69) is 0 Å². The lowest BCUT2D eigenvalue weighted by atomic mass is 10.1. The van der Waals surface area contributed by atoms with E-state index < -0.39 is 0 Å². The second kappa shape index (κ2) is 4.98. The number of nitrogens with zero attached hydrogens (tertiary/aromatic N) is 1. The lowest BCUT2D eigenvalue weighted by Gasteiger charge is -2.36. The molecule has 1 fully saturated rings. The van der Waals surface area contributed by atoms with E-state index in [0.29, 0.717) is 24.4 Å². The Hall–Kier alpha value is -1.55. The van der Waals surface area contributed by atoms with Crippen LogP contribution in [0, 0.1) is 6.92 Å². The third kappa shape index (κ3) is 2.48. The maximum Gasteiger partial charge on any atom is 0.254 e. The standard InChI is InChI=1S/C14H20N2O2/c1-9-4-5-12(6-13(9)15)14(17)16-7-11(3)18-8-10(16)2/h4-6,10-11H,7-8,15H2,1-3H3. The Kier molecular flexibility index (Phi) is 3.57. The van der Waals surface area contributed by atoms with Crippen LogP contribution in [0.5, 0.6) is 0 Å². The van der Waals surface area contributed by atoms with Crippen LogP contribution >= 0.6 is 0 Å². The van der Waals surface area contributed by atoms with Crippen molar-refractivity contribution in [3.8, 4) is 0 Å². The van der Waals surface area contributed by atoms with Crippen LogP contribution in [-0.4, -0.2) is 36.1 Å². The molecular weight excluding hydrogens is 228 g/mol. The molecule has 0 radical (unpaired) electrons. The highest BCUT2D eigenvalue weighted by molar-refractivity contribution is 5.95. The minimum absolute atomic E-state index is 0.0318. The van der Waals surface area contributed by atoms with Crippen molar-refractivity contribution in [1.82, 2.24) is 4.90 Å². The number of aryl methyl sites for hydroxylation is 1. The van der Waals surface area contributed by atoms with Gasteiger partial charge in [-0.3, -0.25) is 4.79 Å². The van der Waals surface area contributed by atoms with E-state index in [9.17, 15) is 4.79 Å². The molecule has 0 spiro atoms. The van der Waals surface area contributed by atoms with Gasteiger partial charge in [-0.2, -0.15) is 0 Å². The molecule has 1 saturated heterocycles. The maximum absolute atomic E-state index is 12.4. The van der Waals surface area contributed by atoms with Crippen LogP contribution in [0.15, 0.2) is 18.2 Å². The number of ether oxygens (including phenoxy) is 1. The number of nitrogens with two attached hydrogens (primary N) is 1. The van der Waals surface area contributed by atoms with Gasteiger partial charge in [0.05, 0.1) is 18.8 Å². The van der Waals surface area contributed by atoms with Crippen molar-refractivity contribution in [2.24, 2.45) is 0 Å². The molecule has 2 unspecified atom stereocenters. The third-order valence-corrected chi connectivity index (χ3v) is 3.39. The van der Waals surface area contributed by atoms with Crippen molar-refractivity contribution in [2.45, 2.75) is 32.9 Å². The van der Waals surface area contributed by atoms with Gasteiger partial charge in [0.2, 0.25) is 0 Å². The molecule has 1 aromatic rings. The maximum atomic E-state index is 12.4. The summed E-state index contributed by atoms with van der Waals surface area (Å²) in [6, 6.07) is 5.58. The summed E-state index contributed by atoms with van der Waals surface area (Å²) >= 11 is 0. The Morgan fingerprint density at radius 3 is 2.83 bits per heavy atom. The van der Waals surface area contributed by atoms with Crippen LogP contribution in [0.4, 0.5) is 5.69 Å². The van der Waals surface area contributed by atoms with E-state index in [4.69, 9.17) is 10.5 Å². The summed E-state index contributed by atoms with van der Waals surface area (Å²) < 4.78 is 5.53. The van der Waals surface area contributed by atoms with Crippen LogP contribution in [0.1, 0.15) is 29.8 Å². The molecule has 4 nitrogen and oxygen atoms in total. The topological polar surface area (TPSA) is 55.6 Å². The highest BCUT2D eigenvalue weighted by Gasteiger charge is 2.28. The van der Waals surface area contributed by atoms with E-state index in [-0.39, 0.29) is 18.1 Å². The molecule has 18 heavy (non-hydrogen) atoms. The smallest absolute Gasteiger partial charge is 0.254 e. The summed E-state index contributed by atoms with van der Waals surface area (Å²) in [5.74, 6) is 0.0318. The Morgan fingerprint density at radius 1 is 1.44 bits per heavy atom. The van der Waals surface area contributed by atoms with Crippen molar-refractivity contribution in [2.75, 3.05) is 18.9 Å². The lowest BCUT2D eigenvalue weighted by molar-refractivity contribution is -0.0387. The average molecular weight is 248 g/mol. The van der Waals surface area contributed by atoms with Gasteiger partial charge in [0.15, 0.2) is 0 Å². The molecule has 1 aliphatic heterocycles. The summed E-state index contributed by atoms with van der Waals surface area (Å²) in [5, 5.41) is 0. The number of rotatable bonds is 1. The first-order chi connectivity index (χ1) is 8.49. The van der Waals surface area contributed by atoms with Gasteiger partial charge in [0.25, 0.3) is 5.91 Å². The van der Waals surface area contributed by atoms with E-state index in [0.717, 1.165) is 5.56 Å². The van der Waals surface area contributed by atoms with Crippen LogP contribution in [0.25, 0.3) is 0 Å². The molecular formula is C14H20N2O2. The summed E-state index contributed by atoms with van der Waals surface area (Å²) in [6.45, 7) is 7.14. The van der Waals surface area contributed by atoms with Crippen LogP contribution < -0.4 is 5.73 Å². The Labute approximate surface area is 108 Å². The number of anilines is 1. The van der Waals surface area contributed by atoms with Crippen molar-refractivity contribution in [3.63, 3.8) is 0 Å². The molecule has 0 aromatic heterocycles. The Bertz CT molecular complexity index is 459. The first-order valence-electron chi connectivity index (χ1n) is 6.27. The van der Waals surface area contributed by atoms with E-state index in [1.807, 2.05) is 37.8 Å². The van der Waals surface area contributed by atoms with Gasteiger partial charge >= 0.3 is 0 Å². The highest BCUT2D eigenvalue weighted by atomic mass is 16.5. The number of nitrogen functional groups attached to an aromatic ring is 1. The largest absolute Gasteiger partial charge is 0.398 e. The number of carbonyl (C=O) groups excluding carboxylic acids is 1. The van der Waals surface area contributed by atoms with Gasteiger partial charge in [0, 0.05) is 17.8 Å². The minimum atomic E-state index is 0.0318. The number of amides is 1. The van der Waals surface area contributed by atoms with Crippen LogP contribution in [0.3, 0.4) is 0 Å². The molecule has 4 heteroatoms. The summed E-state index contributed by atoms with van der Waals surface area (Å²) in [6.07, 6.45) is 0.0907. The van der Waals surface area contributed by atoms with E-state index >= 15 is 0 Å². The number of hydrogen-bond acceptors (Lipinski definition) is 3. The number of benzene rings is 1. The monoisotopic (exact) mass is 248 g/mol. The van der Waals surface area contributed by atoms with Gasteiger partial charge in [-0.05, 0) is 38.5 Å². The predicted molar refractivity (Wildman–Crippen MR) is 71.5 cm³/mol. The summed E-state index contributed by atoms with van der Waals surface area (Å²) in [5.41, 5.74) is 8.16. The predicted octanol–water partition coefficient (Wildman–Crippen LogP) is 1.83. The molecule has 0 bridgehead atoms. The second-order valence-corrected chi connectivity index (χ2v) is 5.02. The van der Waals surface area contributed by atoms with Crippen LogP contribution in [0.2, 0.25) is 0 Å². The van der Waals surface area contributed by atoms with Gasteiger partial charge in [-0.25, -0.2) is 0 Å². The quantitative estimate of drug-likeness (QED) is 0.771. The molecule has 1 amide bonds. The number of carbonyl (C=O) groups is 1. The van der Waals surface area contributed by atoms with E-state index in [1.165, 1.54) is 0 Å². The zero-order valence-corrected chi connectivity index (χ0v) is 11.1. The second-order valence-electron chi connectivity index (χ2n) is 5.02. The summed E-state index contributed by atoms with van der Waals surface area (Å²) in [4.78, 5) is 14.3. The van der Waals surface area contributed by atoms with Crippen molar-refractivity contribution >= 4 is 11.6 Å². The fraction of sp³-hybridized carbons (Fsp3) is 0.500. The average Bonchev–Trinajstić information content (AvgIpc) is 2.35. The molecule has 2 N–H and O–H groups in total. The lowest BCUT2D eigenvalue weighted by Crippen LogP contribution is -2.50. The number of morpholine rings is 1. The van der Waals surface area contributed by atoms with Gasteiger partial charge in [-0.1, -0.05) is 6.07 Å². The van der Waals surface area contributed by atoms with Crippen LogP contribution in [-0.2, 0) is 4.74 Å². The molecule has 0 saturated carbocycles. The Balaban J connectivity index is 2.21. The molecule has 98 valence electrons. The fourth-order valence-electron chi connectivity index (χ4n) is 2.13. The summed E-state index contributed by atoms with van der Waals surface area (Å²) in [7, 11) is 0. The minimum Gasteiger partial charge on any atom is -0.398 e. The molecule has 2 rings (SSSR count). The highest BCUT2D eigenvalue weighted by Crippen LogP contribution is 2.18. The van der Waals surface area contributed by atoms with E-state index in [1.54, 1.807) is 6.07 Å². The van der Waals surface area contributed by atoms with Gasteiger partial charge in [-0.15, -0.1) is 0 Å². The van der Waals surface area contributed by atoms with Crippen molar-refractivity contribution in [1.29, 1.82) is 0 Å². The molecule has 1 aromatic carbocycles. The molecule has 0 aliphatic carbocycles. The molecule has 1 aliphatic rings. The van der Waals surface area contributed by atoms with Crippen molar-refractivity contribution in [3.05, 3.63) is 29.3 Å².